The highest BCUT2D eigenvalue weighted by molar-refractivity contribution is 7.92. The van der Waals surface area contributed by atoms with Gasteiger partial charge in [0, 0.05) is 6.54 Å². The zero-order valence-corrected chi connectivity index (χ0v) is 14.0. The molecule has 0 amide bonds. The predicted molar refractivity (Wildman–Crippen MR) is 87.8 cm³/mol. The molecule has 6 heteroatoms. The molecule has 2 aromatic carbocycles. The largest absolute Gasteiger partial charge is 0.267 e. The van der Waals surface area contributed by atoms with Gasteiger partial charge in [-0.1, -0.05) is 35.3 Å². The molecule has 0 heterocycles. The van der Waals surface area contributed by atoms with Gasteiger partial charge in [-0.2, -0.15) is 0 Å². The van der Waals surface area contributed by atoms with E-state index in [-0.39, 0.29) is 9.92 Å². The van der Waals surface area contributed by atoms with Crippen LogP contribution in [0.15, 0.2) is 47.4 Å². The van der Waals surface area contributed by atoms with Gasteiger partial charge in [-0.3, -0.25) is 4.31 Å². The number of benzene rings is 2. The van der Waals surface area contributed by atoms with Crippen LogP contribution in [0, 0.1) is 6.92 Å². The Labute approximate surface area is 135 Å². The van der Waals surface area contributed by atoms with Crippen molar-refractivity contribution in [1.82, 2.24) is 0 Å². The van der Waals surface area contributed by atoms with Gasteiger partial charge < -0.3 is 0 Å². The summed E-state index contributed by atoms with van der Waals surface area (Å²) >= 11 is 11.8. The lowest BCUT2D eigenvalue weighted by atomic mass is 10.2. The lowest BCUT2D eigenvalue weighted by Crippen LogP contribution is -2.30. The van der Waals surface area contributed by atoms with Gasteiger partial charge >= 0.3 is 0 Å². The van der Waals surface area contributed by atoms with E-state index in [9.17, 15) is 8.42 Å². The molecule has 2 aromatic rings. The Hall–Kier alpha value is -1.23. The summed E-state index contributed by atoms with van der Waals surface area (Å²) in [6.45, 7) is 4.03. The van der Waals surface area contributed by atoms with E-state index in [4.69, 9.17) is 23.2 Å². The van der Waals surface area contributed by atoms with E-state index < -0.39 is 10.0 Å². The quantitative estimate of drug-likeness (QED) is 0.818. The molecule has 0 radical (unpaired) electrons. The van der Waals surface area contributed by atoms with Crippen LogP contribution in [0.25, 0.3) is 0 Å². The number of aryl methyl sites for hydroxylation is 1. The number of hydrogen-bond donors (Lipinski definition) is 0. The van der Waals surface area contributed by atoms with Gasteiger partial charge in [0.15, 0.2) is 0 Å². The number of halogens is 2. The second-order valence-electron chi connectivity index (χ2n) is 4.58. The van der Waals surface area contributed by atoms with Crippen molar-refractivity contribution in [2.24, 2.45) is 0 Å². The third-order valence-corrected chi connectivity index (χ3v) is 5.69. The first-order valence-electron chi connectivity index (χ1n) is 6.40. The van der Waals surface area contributed by atoms with Crippen LogP contribution in [-0.2, 0) is 10.0 Å². The summed E-state index contributed by atoms with van der Waals surface area (Å²) in [5.41, 5.74) is 1.62. The van der Waals surface area contributed by atoms with Crippen molar-refractivity contribution in [3.8, 4) is 0 Å². The van der Waals surface area contributed by atoms with Gasteiger partial charge in [-0.25, -0.2) is 8.42 Å². The molecule has 0 unspecified atom stereocenters. The lowest BCUT2D eigenvalue weighted by Gasteiger charge is -2.23. The Morgan fingerprint density at radius 1 is 1.05 bits per heavy atom. The molecule has 21 heavy (non-hydrogen) atoms. The molecular weight excluding hydrogens is 329 g/mol. The number of sulfonamides is 1. The second-order valence-corrected chi connectivity index (χ2v) is 7.26. The van der Waals surface area contributed by atoms with Crippen LogP contribution in [0.3, 0.4) is 0 Å². The van der Waals surface area contributed by atoms with Crippen molar-refractivity contribution in [3.63, 3.8) is 0 Å². The number of hydrogen-bond acceptors (Lipinski definition) is 2. The average Bonchev–Trinajstić information content (AvgIpc) is 2.42. The monoisotopic (exact) mass is 343 g/mol. The highest BCUT2D eigenvalue weighted by Gasteiger charge is 2.24. The summed E-state index contributed by atoms with van der Waals surface area (Å²) in [4.78, 5) is 0.125. The Bertz CT molecular complexity index is 760. The molecule has 0 aromatic heterocycles. The third-order valence-electron chi connectivity index (χ3n) is 3.06. The molecule has 0 N–H and O–H groups in total. The Kier molecular flexibility index (Phi) is 4.81. The molecule has 0 atom stereocenters. The molecule has 2 rings (SSSR count). The Morgan fingerprint density at radius 3 is 2.33 bits per heavy atom. The molecule has 0 bridgehead atoms. The van der Waals surface area contributed by atoms with Crippen LogP contribution >= 0.6 is 23.2 Å². The number of anilines is 1. The van der Waals surface area contributed by atoms with Crippen molar-refractivity contribution in [2.75, 3.05) is 10.8 Å². The predicted octanol–water partition coefficient (Wildman–Crippen LogP) is 4.52. The van der Waals surface area contributed by atoms with Gasteiger partial charge in [0.1, 0.15) is 0 Å². The van der Waals surface area contributed by atoms with Crippen molar-refractivity contribution in [3.05, 3.63) is 58.1 Å². The summed E-state index contributed by atoms with van der Waals surface area (Å²) in [5.74, 6) is 0. The molecule has 0 saturated carbocycles. The first-order chi connectivity index (χ1) is 9.86. The Morgan fingerprint density at radius 2 is 1.76 bits per heavy atom. The molecule has 0 fully saturated rings. The summed E-state index contributed by atoms with van der Waals surface area (Å²) in [5, 5.41) is 0.548. The van der Waals surface area contributed by atoms with Gasteiger partial charge in [0.05, 0.1) is 20.6 Å². The molecule has 0 aliphatic rings. The fraction of sp³-hybridized carbons (Fsp3) is 0.200. The lowest BCUT2D eigenvalue weighted by molar-refractivity contribution is 0.592. The SMILES string of the molecule is CCN(c1cccc(C)c1)S(=O)(=O)c1ccc(Cl)c(Cl)c1. The van der Waals surface area contributed by atoms with Crippen LogP contribution in [0.1, 0.15) is 12.5 Å². The zero-order chi connectivity index (χ0) is 15.6. The van der Waals surface area contributed by atoms with E-state index in [1.807, 2.05) is 25.1 Å². The molecular formula is C15H15Cl2NO2S. The number of rotatable bonds is 4. The van der Waals surface area contributed by atoms with Gasteiger partial charge in [-0.15, -0.1) is 0 Å². The number of nitrogens with zero attached hydrogens (tertiary/aromatic N) is 1. The van der Waals surface area contributed by atoms with Crippen LogP contribution in [0.4, 0.5) is 5.69 Å². The summed E-state index contributed by atoms with van der Waals surface area (Å²) in [7, 11) is -3.67. The van der Waals surface area contributed by atoms with Crippen LogP contribution < -0.4 is 4.31 Å². The molecule has 0 aliphatic carbocycles. The van der Waals surface area contributed by atoms with Gasteiger partial charge in [-0.05, 0) is 49.7 Å². The van der Waals surface area contributed by atoms with E-state index >= 15 is 0 Å². The van der Waals surface area contributed by atoms with Gasteiger partial charge in [0.2, 0.25) is 0 Å². The highest BCUT2D eigenvalue weighted by Crippen LogP contribution is 2.29. The maximum atomic E-state index is 12.8. The first kappa shape index (κ1) is 16.1. The smallest absolute Gasteiger partial charge is 0.264 e. The molecule has 0 saturated heterocycles. The standard InChI is InChI=1S/C15H15Cl2NO2S/c1-3-18(12-6-4-5-11(2)9-12)21(19,20)13-7-8-14(16)15(17)10-13/h4-10H,3H2,1-2H3. The second kappa shape index (κ2) is 6.26. The van der Waals surface area contributed by atoms with Crippen molar-refractivity contribution < 1.29 is 8.42 Å². The zero-order valence-electron chi connectivity index (χ0n) is 11.7. The summed E-state index contributed by atoms with van der Waals surface area (Å²) < 4.78 is 26.9. The first-order valence-corrected chi connectivity index (χ1v) is 8.60. The van der Waals surface area contributed by atoms with E-state index in [0.717, 1.165) is 5.56 Å². The normalized spacial score (nSPS) is 11.4. The minimum Gasteiger partial charge on any atom is -0.267 e. The van der Waals surface area contributed by atoms with E-state index in [2.05, 4.69) is 0 Å². The summed E-state index contributed by atoms with van der Waals surface area (Å²) in [6.07, 6.45) is 0. The van der Waals surface area contributed by atoms with Crippen LogP contribution in [0.2, 0.25) is 10.0 Å². The fourth-order valence-corrected chi connectivity index (χ4v) is 3.89. The minimum absolute atomic E-state index is 0.125. The Balaban J connectivity index is 2.51. The van der Waals surface area contributed by atoms with Crippen molar-refractivity contribution in [1.29, 1.82) is 0 Å². The van der Waals surface area contributed by atoms with E-state index in [1.165, 1.54) is 22.5 Å². The maximum absolute atomic E-state index is 12.8. The molecule has 0 aliphatic heterocycles. The van der Waals surface area contributed by atoms with Crippen molar-refractivity contribution >= 4 is 38.9 Å². The van der Waals surface area contributed by atoms with Gasteiger partial charge in [0.25, 0.3) is 10.0 Å². The third kappa shape index (κ3) is 3.34. The van der Waals surface area contributed by atoms with Crippen LogP contribution in [0.5, 0.6) is 0 Å². The van der Waals surface area contributed by atoms with Crippen molar-refractivity contribution in [2.45, 2.75) is 18.7 Å². The van der Waals surface area contributed by atoms with E-state index in [1.54, 1.807) is 13.0 Å². The van der Waals surface area contributed by atoms with E-state index in [0.29, 0.717) is 17.3 Å². The average molecular weight is 344 g/mol. The molecule has 0 spiro atoms. The maximum Gasteiger partial charge on any atom is 0.264 e. The molecule has 112 valence electrons. The fourth-order valence-electron chi connectivity index (χ4n) is 2.04. The topological polar surface area (TPSA) is 37.4 Å². The van der Waals surface area contributed by atoms with Crippen LogP contribution in [-0.4, -0.2) is 15.0 Å². The molecule has 3 nitrogen and oxygen atoms in total. The minimum atomic E-state index is -3.67. The summed E-state index contributed by atoms with van der Waals surface area (Å²) in [6, 6.07) is 11.7. The highest BCUT2D eigenvalue weighted by atomic mass is 35.5.